The highest BCUT2D eigenvalue weighted by atomic mass is 35.5. The highest BCUT2D eigenvalue weighted by Gasteiger charge is 1.95. The van der Waals surface area contributed by atoms with Gasteiger partial charge >= 0.3 is 0 Å². The lowest BCUT2D eigenvalue weighted by molar-refractivity contribution is 0.359. The van der Waals surface area contributed by atoms with Crippen LogP contribution in [0.15, 0.2) is 35.9 Å². The Hall–Kier alpha value is -0.990. The van der Waals surface area contributed by atoms with Crippen LogP contribution in [-0.4, -0.2) is 13.7 Å². The van der Waals surface area contributed by atoms with Crippen molar-refractivity contribution in [2.45, 2.75) is 6.54 Å². The van der Waals surface area contributed by atoms with Gasteiger partial charge in [-0.15, -0.1) is 0 Å². The minimum Gasteiger partial charge on any atom is -0.488 e. The van der Waals surface area contributed by atoms with Crippen molar-refractivity contribution in [3.05, 3.63) is 41.4 Å². The summed E-state index contributed by atoms with van der Waals surface area (Å²) in [5.74, 6) is 0.812. The average Bonchev–Trinajstić information content (AvgIpc) is 2.17. The van der Waals surface area contributed by atoms with Crippen LogP contribution in [0.1, 0.15) is 5.56 Å². The number of hydrogen-bond acceptors (Lipinski definition) is 2. The van der Waals surface area contributed by atoms with Gasteiger partial charge in [0.05, 0.1) is 0 Å². The van der Waals surface area contributed by atoms with Crippen molar-refractivity contribution in [3.63, 3.8) is 0 Å². The molecule has 0 aliphatic carbocycles. The number of benzene rings is 1. The first kappa shape index (κ1) is 11.1. The van der Waals surface area contributed by atoms with Crippen molar-refractivity contribution < 1.29 is 4.74 Å². The normalized spacial score (nSPS) is 9.86. The molecule has 3 heteroatoms. The second-order valence-electron chi connectivity index (χ2n) is 2.98. The molecular weight excluding hydrogens is 198 g/mol. The summed E-state index contributed by atoms with van der Waals surface area (Å²) >= 11 is 5.58. The second kappa shape index (κ2) is 5.68. The third-order valence-corrected chi connectivity index (χ3v) is 1.81. The molecule has 0 bridgehead atoms. The topological polar surface area (TPSA) is 21.3 Å². The fourth-order valence-corrected chi connectivity index (χ4v) is 1.12. The van der Waals surface area contributed by atoms with Gasteiger partial charge in [0.2, 0.25) is 0 Å². The molecule has 1 N–H and O–H groups in total. The molecule has 0 atom stereocenters. The van der Waals surface area contributed by atoms with E-state index in [0.717, 1.165) is 12.3 Å². The van der Waals surface area contributed by atoms with E-state index in [0.29, 0.717) is 11.6 Å². The average molecular weight is 212 g/mol. The van der Waals surface area contributed by atoms with Gasteiger partial charge in [-0.25, -0.2) is 0 Å². The Morgan fingerprint density at radius 1 is 1.43 bits per heavy atom. The van der Waals surface area contributed by atoms with E-state index in [1.165, 1.54) is 5.56 Å². The molecule has 0 spiro atoms. The highest BCUT2D eigenvalue weighted by Crippen LogP contribution is 2.13. The number of ether oxygens (including phenoxy) is 1. The third-order valence-electron chi connectivity index (χ3n) is 1.70. The van der Waals surface area contributed by atoms with Crippen molar-refractivity contribution in [2.75, 3.05) is 13.7 Å². The van der Waals surface area contributed by atoms with E-state index in [4.69, 9.17) is 16.3 Å². The molecule has 0 saturated carbocycles. The highest BCUT2D eigenvalue weighted by molar-refractivity contribution is 6.29. The van der Waals surface area contributed by atoms with Crippen LogP contribution in [0.2, 0.25) is 0 Å². The van der Waals surface area contributed by atoms with Gasteiger partial charge in [-0.05, 0) is 24.7 Å². The molecule has 2 nitrogen and oxygen atoms in total. The summed E-state index contributed by atoms with van der Waals surface area (Å²) in [5, 5.41) is 3.58. The molecule has 0 aliphatic rings. The van der Waals surface area contributed by atoms with E-state index in [2.05, 4.69) is 11.9 Å². The minimum atomic E-state index is 0.354. The van der Waals surface area contributed by atoms with Gasteiger partial charge in [-0.2, -0.15) is 0 Å². The standard InChI is InChI=1S/C11H14ClNO/c1-9(12)8-14-11-5-3-10(4-6-11)7-13-2/h3-6,13H,1,7-8H2,2H3. The van der Waals surface area contributed by atoms with Crippen LogP contribution >= 0.6 is 11.6 Å². The summed E-state index contributed by atoms with van der Waals surface area (Å²) < 4.78 is 5.35. The second-order valence-corrected chi connectivity index (χ2v) is 3.51. The predicted molar refractivity (Wildman–Crippen MR) is 59.7 cm³/mol. The minimum absolute atomic E-state index is 0.354. The molecule has 0 fully saturated rings. The van der Waals surface area contributed by atoms with E-state index in [9.17, 15) is 0 Å². The van der Waals surface area contributed by atoms with Crippen LogP contribution in [0.5, 0.6) is 5.75 Å². The molecule has 0 saturated heterocycles. The number of hydrogen-bond donors (Lipinski definition) is 1. The fraction of sp³-hybridized carbons (Fsp3) is 0.273. The monoisotopic (exact) mass is 211 g/mol. The van der Waals surface area contributed by atoms with Gasteiger partial charge in [-0.1, -0.05) is 30.3 Å². The summed E-state index contributed by atoms with van der Waals surface area (Å²) in [5.41, 5.74) is 1.23. The molecule has 0 amide bonds. The molecule has 0 aromatic heterocycles. The number of halogens is 1. The lowest BCUT2D eigenvalue weighted by Crippen LogP contribution is -2.04. The lowest BCUT2D eigenvalue weighted by atomic mass is 10.2. The van der Waals surface area contributed by atoms with Crippen LogP contribution in [0, 0.1) is 0 Å². The zero-order chi connectivity index (χ0) is 10.4. The van der Waals surface area contributed by atoms with Gasteiger partial charge in [0.25, 0.3) is 0 Å². The van der Waals surface area contributed by atoms with E-state index in [1.54, 1.807) is 0 Å². The summed E-state index contributed by atoms with van der Waals surface area (Å²) in [6, 6.07) is 7.88. The predicted octanol–water partition coefficient (Wildman–Crippen LogP) is 2.54. The molecule has 1 aromatic rings. The Kier molecular flexibility index (Phi) is 4.50. The maximum absolute atomic E-state index is 5.58. The fourth-order valence-electron chi connectivity index (χ4n) is 1.07. The Balaban J connectivity index is 2.50. The maximum Gasteiger partial charge on any atom is 0.123 e. The van der Waals surface area contributed by atoms with Crippen LogP contribution in [-0.2, 0) is 6.54 Å². The van der Waals surface area contributed by atoms with Crippen molar-refractivity contribution in [1.82, 2.24) is 5.32 Å². The van der Waals surface area contributed by atoms with Crippen molar-refractivity contribution >= 4 is 11.6 Å². The SMILES string of the molecule is C=C(Cl)COc1ccc(CNC)cc1. The molecule has 0 unspecified atom stereocenters. The van der Waals surface area contributed by atoms with E-state index < -0.39 is 0 Å². The Morgan fingerprint density at radius 2 is 2.07 bits per heavy atom. The van der Waals surface area contributed by atoms with Gasteiger partial charge in [0, 0.05) is 11.6 Å². The van der Waals surface area contributed by atoms with Crippen LogP contribution in [0.3, 0.4) is 0 Å². The largest absolute Gasteiger partial charge is 0.488 e. The van der Waals surface area contributed by atoms with Gasteiger partial charge in [0.15, 0.2) is 0 Å². The van der Waals surface area contributed by atoms with E-state index >= 15 is 0 Å². The molecule has 0 heterocycles. The van der Waals surface area contributed by atoms with Crippen LogP contribution in [0.4, 0.5) is 0 Å². The van der Waals surface area contributed by atoms with Crippen LogP contribution in [0.25, 0.3) is 0 Å². The van der Waals surface area contributed by atoms with Crippen molar-refractivity contribution in [1.29, 1.82) is 0 Å². The Bertz CT molecular complexity index is 295. The first-order valence-corrected chi connectivity index (χ1v) is 4.80. The first-order valence-electron chi connectivity index (χ1n) is 4.42. The summed E-state index contributed by atoms with van der Waals surface area (Å²) in [6.07, 6.45) is 0. The molecule has 14 heavy (non-hydrogen) atoms. The van der Waals surface area contributed by atoms with E-state index in [1.807, 2.05) is 31.3 Å². The molecular formula is C11H14ClNO. The first-order chi connectivity index (χ1) is 6.72. The zero-order valence-corrected chi connectivity index (χ0v) is 8.97. The Labute approximate surface area is 89.5 Å². The summed E-state index contributed by atoms with van der Waals surface area (Å²) in [4.78, 5) is 0. The third kappa shape index (κ3) is 3.81. The number of nitrogens with one attached hydrogen (secondary N) is 1. The van der Waals surface area contributed by atoms with E-state index in [-0.39, 0.29) is 0 Å². The molecule has 1 rings (SSSR count). The Morgan fingerprint density at radius 3 is 2.57 bits per heavy atom. The molecule has 1 aromatic carbocycles. The van der Waals surface area contributed by atoms with Gasteiger partial charge < -0.3 is 10.1 Å². The summed E-state index contributed by atoms with van der Waals surface area (Å²) in [7, 11) is 1.92. The van der Waals surface area contributed by atoms with Gasteiger partial charge in [0.1, 0.15) is 12.4 Å². The molecule has 76 valence electrons. The maximum atomic E-state index is 5.58. The lowest BCUT2D eigenvalue weighted by Gasteiger charge is -2.05. The smallest absolute Gasteiger partial charge is 0.123 e. The molecule has 0 radical (unpaired) electrons. The van der Waals surface area contributed by atoms with Crippen molar-refractivity contribution in [3.8, 4) is 5.75 Å². The zero-order valence-electron chi connectivity index (χ0n) is 8.22. The molecule has 0 aliphatic heterocycles. The number of rotatable bonds is 5. The van der Waals surface area contributed by atoms with Crippen molar-refractivity contribution in [2.24, 2.45) is 0 Å². The quantitative estimate of drug-likeness (QED) is 0.808. The van der Waals surface area contributed by atoms with Gasteiger partial charge in [-0.3, -0.25) is 0 Å². The summed E-state index contributed by atoms with van der Waals surface area (Å²) in [6.45, 7) is 4.77. The van der Waals surface area contributed by atoms with Crippen LogP contribution < -0.4 is 10.1 Å².